The molecule has 7 heteroatoms. The van der Waals surface area contributed by atoms with Crippen molar-refractivity contribution in [3.05, 3.63) is 27.7 Å². The van der Waals surface area contributed by atoms with Crippen LogP contribution in [-0.2, 0) is 0 Å². The zero-order valence-corrected chi connectivity index (χ0v) is 5.30. The van der Waals surface area contributed by atoms with Gasteiger partial charge in [-0.15, -0.1) is 0 Å². The molecule has 0 saturated heterocycles. The van der Waals surface area contributed by atoms with Gasteiger partial charge in [0.2, 0.25) is 6.20 Å². The van der Waals surface area contributed by atoms with E-state index in [4.69, 9.17) is 5.73 Å². The predicted molar refractivity (Wildman–Crippen MR) is 34.3 cm³/mol. The normalized spacial score (nSPS) is 9.45. The maximum Gasteiger partial charge on any atom is 0.322 e. The summed E-state index contributed by atoms with van der Waals surface area (Å²) in [6.07, 6.45) is 1.64. The first kappa shape index (κ1) is 7.19. The fourth-order valence-electron chi connectivity index (χ4n) is 0.557. The lowest BCUT2D eigenvalue weighted by atomic mass is 10.4. The number of aromatic nitrogens is 2. The monoisotopic (exact) mass is 156 g/mol. The molecule has 2 N–H and O–H groups in total. The molecule has 0 saturated carbocycles. The SMILES string of the molecule is Nc1c[n+]([O-])ncc1[N+](=O)[O-]. The fourth-order valence-corrected chi connectivity index (χ4v) is 0.557. The minimum Gasteiger partial charge on any atom is -0.594 e. The second-order valence-corrected chi connectivity index (χ2v) is 1.77. The summed E-state index contributed by atoms with van der Waals surface area (Å²) in [5, 5.41) is 23.6. The number of nitro groups is 1. The van der Waals surface area contributed by atoms with Crippen molar-refractivity contribution in [1.29, 1.82) is 0 Å². The van der Waals surface area contributed by atoms with Gasteiger partial charge in [0.15, 0.2) is 11.9 Å². The van der Waals surface area contributed by atoms with Crippen LogP contribution in [0.2, 0.25) is 0 Å². The third-order valence-corrected chi connectivity index (χ3v) is 1.04. The molecule has 0 aliphatic heterocycles. The van der Waals surface area contributed by atoms with Crippen molar-refractivity contribution in [1.82, 2.24) is 5.10 Å². The number of hydrogen-bond acceptors (Lipinski definition) is 5. The largest absolute Gasteiger partial charge is 0.594 e. The van der Waals surface area contributed by atoms with E-state index in [1.807, 2.05) is 0 Å². The van der Waals surface area contributed by atoms with Crippen molar-refractivity contribution >= 4 is 11.4 Å². The number of rotatable bonds is 1. The average Bonchev–Trinajstić information content (AvgIpc) is 1.85. The minimum atomic E-state index is -0.706. The molecule has 11 heavy (non-hydrogen) atoms. The molecule has 0 aliphatic carbocycles. The smallest absolute Gasteiger partial charge is 0.322 e. The molecule has 1 rings (SSSR count). The zero-order valence-electron chi connectivity index (χ0n) is 5.30. The Morgan fingerprint density at radius 3 is 2.82 bits per heavy atom. The number of nitrogens with two attached hydrogens (primary N) is 1. The van der Waals surface area contributed by atoms with Gasteiger partial charge in [-0.1, -0.05) is 4.85 Å². The van der Waals surface area contributed by atoms with Crippen LogP contribution in [0.15, 0.2) is 12.4 Å². The highest BCUT2D eigenvalue weighted by Gasteiger charge is 2.14. The molecule has 7 nitrogen and oxygen atoms in total. The van der Waals surface area contributed by atoms with Crippen LogP contribution in [0.1, 0.15) is 0 Å². The Bertz CT molecular complexity index is 299. The quantitative estimate of drug-likeness (QED) is 0.248. The van der Waals surface area contributed by atoms with E-state index >= 15 is 0 Å². The molecule has 0 fully saturated rings. The second kappa shape index (κ2) is 2.37. The van der Waals surface area contributed by atoms with Crippen molar-refractivity contribution in [3.8, 4) is 0 Å². The number of nitrogen functional groups attached to an aromatic ring is 1. The highest BCUT2D eigenvalue weighted by atomic mass is 16.6. The molecule has 1 aromatic heterocycles. The van der Waals surface area contributed by atoms with Crippen LogP contribution in [0.25, 0.3) is 0 Å². The maximum absolute atomic E-state index is 10.4. The summed E-state index contributed by atoms with van der Waals surface area (Å²) in [6, 6.07) is 0. The van der Waals surface area contributed by atoms with Crippen molar-refractivity contribution in [2.75, 3.05) is 5.73 Å². The molecule has 0 atom stereocenters. The van der Waals surface area contributed by atoms with Crippen molar-refractivity contribution in [3.63, 3.8) is 0 Å². The summed E-state index contributed by atoms with van der Waals surface area (Å²) in [7, 11) is 0. The van der Waals surface area contributed by atoms with E-state index in [0.29, 0.717) is 0 Å². The van der Waals surface area contributed by atoms with Gasteiger partial charge < -0.3 is 10.9 Å². The molecule has 0 unspecified atom stereocenters. The number of anilines is 1. The van der Waals surface area contributed by atoms with Gasteiger partial charge in [-0.3, -0.25) is 10.1 Å². The molecule has 0 amide bonds. The maximum atomic E-state index is 10.4. The lowest BCUT2D eigenvalue weighted by Crippen LogP contribution is -2.30. The van der Waals surface area contributed by atoms with Crippen molar-refractivity contribution < 1.29 is 9.77 Å². The molecule has 0 aromatic carbocycles. The molecule has 1 heterocycles. The Morgan fingerprint density at radius 2 is 2.36 bits per heavy atom. The minimum absolute atomic E-state index is 0.155. The summed E-state index contributed by atoms with van der Waals surface area (Å²) in [5.41, 5.74) is 4.56. The standard InChI is InChI=1S/C4H4N4O3/c5-3-2-7(9)6-1-4(3)8(10)11/h1-2H,5H2. The predicted octanol–water partition coefficient (Wildman–Crippen LogP) is -0.795. The molecular formula is C4H4N4O3. The van der Waals surface area contributed by atoms with Crippen LogP contribution >= 0.6 is 0 Å². The van der Waals surface area contributed by atoms with Gasteiger partial charge in [0, 0.05) is 5.10 Å². The molecule has 0 radical (unpaired) electrons. The van der Waals surface area contributed by atoms with Crippen LogP contribution in [0.4, 0.5) is 11.4 Å². The topological polar surface area (TPSA) is 109 Å². The van der Waals surface area contributed by atoms with E-state index in [9.17, 15) is 15.3 Å². The Balaban J connectivity index is 3.20. The Hall–Kier alpha value is -1.92. The van der Waals surface area contributed by atoms with Gasteiger partial charge in [0.25, 0.3) is 0 Å². The van der Waals surface area contributed by atoms with Crippen LogP contribution < -0.4 is 10.6 Å². The van der Waals surface area contributed by atoms with E-state index in [1.165, 1.54) is 0 Å². The average molecular weight is 156 g/mol. The van der Waals surface area contributed by atoms with Gasteiger partial charge in [0.05, 0.1) is 4.92 Å². The van der Waals surface area contributed by atoms with Gasteiger partial charge in [-0.25, -0.2) is 0 Å². The third kappa shape index (κ3) is 1.31. The first-order valence-electron chi connectivity index (χ1n) is 2.60. The summed E-state index contributed by atoms with van der Waals surface area (Å²) in [5.74, 6) is 0. The molecule has 1 aromatic rings. The summed E-state index contributed by atoms with van der Waals surface area (Å²) < 4.78 is 0. The fraction of sp³-hybridized carbons (Fsp3) is 0. The zero-order chi connectivity index (χ0) is 8.43. The van der Waals surface area contributed by atoms with E-state index in [0.717, 1.165) is 12.4 Å². The molecule has 0 bridgehead atoms. The lowest BCUT2D eigenvalue weighted by Gasteiger charge is -1.93. The molecule has 0 aliphatic rings. The van der Waals surface area contributed by atoms with Gasteiger partial charge in [0.1, 0.15) is 0 Å². The first-order chi connectivity index (χ1) is 5.11. The molecule has 58 valence electrons. The third-order valence-electron chi connectivity index (χ3n) is 1.04. The highest BCUT2D eigenvalue weighted by Crippen LogP contribution is 2.15. The Morgan fingerprint density at radius 1 is 1.73 bits per heavy atom. The number of hydrogen-bond donors (Lipinski definition) is 1. The summed E-state index contributed by atoms with van der Waals surface area (Å²) >= 11 is 0. The van der Waals surface area contributed by atoms with Crippen LogP contribution in [0.3, 0.4) is 0 Å². The number of nitrogens with zero attached hydrogens (tertiary/aromatic N) is 3. The first-order valence-corrected chi connectivity index (χ1v) is 2.60. The van der Waals surface area contributed by atoms with Gasteiger partial charge >= 0.3 is 5.69 Å². The Kier molecular flexibility index (Phi) is 1.55. The van der Waals surface area contributed by atoms with Crippen LogP contribution in [-0.4, -0.2) is 10.0 Å². The van der Waals surface area contributed by atoms with Gasteiger partial charge in [-0.2, -0.15) is 0 Å². The van der Waals surface area contributed by atoms with E-state index < -0.39 is 4.92 Å². The van der Waals surface area contributed by atoms with E-state index in [1.54, 1.807) is 0 Å². The van der Waals surface area contributed by atoms with E-state index in [-0.39, 0.29) is 16.2 Å². The lowest BCUT2D eigenvalue weighted by molar-refractivity contribution is -0.669. The summed E-state index contributed by atoms with van der Waals surface area (Å²) in [4.78, 5) is 9.56. The van der Waals surface area contributed by atoms with Crippen LogP contribution in [0.5, 0.6) is 0 Å². The highest BCUT2D eigenvalue weighted by molar-refractivity contribution is 5.52. The van der Waals surface area contributed by atoms with Crippen LogP contribution in [0, 0.1) is 15.3 Å². The van der Waals surface area contributed by atoms with Crippen molar-refractivity contribution in [2.45, 2.75) is 0 Å². The second-order valence-electron chi connectivity index (χ2n) is 1.77. The molecule has 0 spiro atoms. The van der Waals surface area contributed by atoms with Gasteiger partial charge in [-0.05, 0) is 0 Å². The molecular weight excluding hydrogens is 152 g/mol. The Labute approximate surface area is 60.8 Å². The van der Waals surface area contributed by atoms with E-state index in [2.05, 4.69) is 5.10 Å². The summed E-state index contributed by atoms with van der Waals surface area (Å²) in [6.45, 7) is 0. The van der Waals surface area contributed by atoms with Crippen molar-refractivity contribution in [2.24, 2.45) is 0 Å².